The van der Waals surface area contributed by atoms with Crippen molar-refractivity contribution in [2.45, 2.75) is 45.4 Å². The van der Waals surface area contributed by atoms with Gasteiger partial charge in [-0.15, -0.1) is 0 Å². The van der Waals surface area contributed by atoms with Gasteiger partial charge in [0.05, 0.1) is 16.8 Å². The van der Waals surface area contributed by atoms with Gasteiger partial charge in [0.2, 0.25) is 0 Å². The zero-order valence-corrected chi connectivity index (χ0v) is 32.0. The summed E-state index contributed by atoms with van der Waals surface area (Å²) in [6.07, 6.45) is 4.41. The van der Waals surface area contributed by atoms with Gasteiger partial charge in [0.15, 0.2) is 0 Å². The van der Waals surface area contributed by atoms with Crippen LogP contribution in [0.1, 0.15) is 70.8 Å². The van der Waals surface area contributed by atoms with E-state index in [-0.39, 0.29) is 5.41 Å². The third-order valence-corrected chi connectivity index (χ3v) is 12.4. The molecular weight excluding hydrogens is 667 g/mol. The van der Waals surface area contributed by atoms with Crippen molar-refractivity contribution in [2.24, 2.45) is 0 Å². The summed E-state index contributed by atoms with van der Waals surface area (Å²) in [7, 11) is 0. The molecule has 1 aromatic heterocycles. The molecular formula is C53H43NO. The lowest BCUT2D eigenvalue weighted by molar-refractivity contribution is 0.630. The Morgan fingerprint density at radius 1 is 0.527 bits per heavy atom. The second-order valence-corrected chi connectivity index (χ2v) is 15.9. The first-order chi connectivity index (χ1) is 26.8. The fraction of sp³-hybridized carbons (Fsp3) is 0.132. The van der Waals surface area contributed by atoms with Gasteiger partial charge in [-0.2, -0.15) is 0 Å². The van der Waals surface area contributed by atoms with Crippen LogP contribution in [0.4, 0.5) is 17.1 Å². The van der Waals surface area contributed by atoms with Crippen molar-refractivity contribution in [1.29, 1.82) is 0 Å². The Kier molecular flexibility index (Phi) is 7.44. The molecule has 2 heteroatoms. The zero-order chi connectivity index (χ0) is 37.5. The smallest absolute Gasteiger partial charge is 0.135 e. The van der Waals surface area contributed by atoms with Crippen molar-refractivity contribution in [3.05, 3.63) is 226 Å². The number of hydrogen-bond acceptors (Lipinski definition) is 2. The molecule has 2 aliphatic rings. The van der Waals surface area contributed by atoms with Crippen LogP contribution in [0.2, 0.25) is 0 Å². The topological polar surface area (TPSA) is 16.4 Å². The zero-order valence-electron chi connectivity index (χ0n) is 32.0. The monoisotopic (exact) mass is 709 g/mol. The second-order valence-electron chi connectivity index (χ2n) is 15.9. The van der Waals surface area contributed by atoms with Crippen molar-refractivity contribution in [3.63, 3.8) is 0 Å². The fourth-order valence-electron chi connectivity index (χ4n) is 9.53. The van der Waals surface area contributed by atoms with E-state index in [1.807, 2.05) is 0 Å². The van der Waals surface area contributed by atoms with Crippen LogP contribution in [0.5, 0.6) is 0 Å². The molecule has 2 nitrogen and oxygen atoms in total. The molecule has 10 rings (SSSR count). The van der Waals surface area contributed by atoms with Crippen LogP contribution in [-0.4, -0.2) is 0 Å². The number of benzene rings is 7. The van der Waals surface area contributed by atoms with Crippen LogP contribution < -0.4 is 4.90 Å². The largest absolute Gasteiger partial charge is 0.456 e. The minimum Gasteiger partial charge on any atom is -0.456 e. The van der Waals surface area contributed by atoms with Crippen LogP contribution in [0.3, 0.4) is 0 Å². The lowest BCUT2D eigenvalue weighted by atomic mass is 9.61. The Morgan fingerprint density at radius 2 is 1.18 bits per heavy atom. The standard InChI is InChI=1S/C53H43NO/c1-34-24-27-41(34)42-33-44-43-32-40(26-29-50(43)55-51(44)30-36(42)3)54-48-23-15-14-22-46(48)53(37-17-8-6-9-18-37,38-19-10-7-11-20-38)47-31-39(25-28-49(47)54)52(4,5)45-21-13-12-16-35(45)2/h6-33H,1-5H3. The average Bonchev–Trinajstić information content (AvgIpc) is 3.56. The summed E-state index contributed by atoms with van der Waals surface area (Å²) in [6, 6.07) is 58.5. The first-order valence-electron chi connectivity index (χ1n) is 19.3. The number of allylic oxidation sites excluding steroid dienone is 4. The van der Waals surface area contributed by atoms with Gasteiger partial charge < -0.3 is 9.32 Å². The molecule has 8 aromatic rings. The Hall–Kier alpha value is -6.38. The van der Waals surface area contributed by atoms with E-state index in [4.69, 9.17) is 4.42 Å². The van der Waals surface area contributed by atoms with Crippen LogP contribution in [0.15, 0.2) is 180 Å². The summed E-state index contributed by atoms with van der Waals surface area (Å²) in [5, 5.41) is 2.26. The van der Waals surface area contributed by atoms with Crippen LogP contribution in [0, 0.1) is 13.8 Å². The minimum absolute atomic E-state index is 0.241. The Balaban J connectivity index is 1.27. The molecule has 266 valence electrons. The second kappa shape index (κ2) is 12.3. The van der Waals surface area contributed by atoms with Crippen molar-refractivity contribution in [1.82, 2.24) is 0 Å². The predicted octanol–water partition coefficient (Wildman–Crippen LogP) is 14.0. The van der Waals surface area contributed by atoms with Gasteiger partial charge in [-0.3, -0.25) is 0 Å². The van der Waals surface area contributed by atoms with E-state index >= 15 is 0 Å². The lowest BCUT2D eigenvalue weighted by Gasteiger charge is -2.47. The molecule has 1 aliphatic heterocycles. The highest BCUT2D eigenvalue weighted by atomic mass is 16.3. The van der Waals surface area contributed by atoms with E-state index in [0.717, 1.165) is 33.3 Å². The number of nitrogens with zero attached hydrogens (tertiary/aromatic N) is 1. The van der Waals surface area contributed by atoms with Crippen LogP contribution in [-0.2, 0) is 10.8 Å². The number of hydrogen-bond donors (Lipinski definition) is 0. The quantitative estimate of drug-likeness (QED) is 0.171. The number of anilines is 3. The maximum atomic E-state index is 6.53. The van der Waals surface area contributed by atoms with Gasteiger partial charge >= 0.3 is 0 Å². The maximum Gasteiger partial charge on any atom is 0.135 e. The van der Waals surface area contributed by atoms with Crippen molar-refractivity contribution in [2.75, 3.05) is 4.90 Å². The number of para-hydroxylation sites is 1. The predicted molar refractivity (Wildman–Crippen MR) is 230 cm³/mol. The molecule has 1 aliphatic carbocycles. The van der Waals surface area contributed by atoms with Gasteiger partial charge in [-0.1, -0.05) is 141 Å². The summed E-state index contributed by atoms with van der Waals surface area (Å²) in [4.78, 5) is 2.48. The van der Waals surface area contributed by atoms with E-state index in [1.165, 1.54) is 66.9 Å². The third-order valence-electron chi connectivity index (χ3n) is 12.4. The highest BCUT2D eigenvalue weighted by molar-refractivity contribution is 6.09. The summed E-state index contributed by atoms with van der Waals surface area (Å²) >= 11 is 0. The molecule has 0 saturated carbocycles. The molecule has 2 heterocycles. The molecule has 0 bridgehead atoms. The van der Waals surface area contributed by atoms with Crippen molar-refractivity contribution in [3.8, 4) is 0 Å². The summed E-state index contributed by atoms with van der Waals surface area (Å²) in [5.74, 6) is 0. The van der Waals surface area contributed by atoms with Gasteiger partial charge in [0, 0.05) is 21.9 Å². The van der Waals surface area contributed by atoms with E-state index in [0.29, 0.717) is 0 Å². The molecule has 0 amide bonds. The van der Waals surface area contributed by atoms with Gasteiger partial charge in [-0.05, 0) is 124 Å². The highest BCUT2D eigenvalue weighted by Gasteiger charge is 2.47. The van der Waals surface area contributed by atoms with E-state index in [1.54, 1.807) is 0 Å². The lowest BCUT2D eigenvalue weighted by Crippen LogP contribution is -2.38. The molecule has 0 spiro atoms. The Labute approximate surface area is 323 Å². The number of furan rings is 1. The van der Waals surface area contributed by atoms with Gasteiger partial charge in [0.1, 0.15) is 11.2 Å². The van der Waals surface area contributed by atoms with E-state index in [2.05, 4.69) is 209 Å². The molecule has 0 unspecified atom stereocenters. The van der Waals surface area contributed by atoms with Gasteiger partial charge in [-0.25, -0.2) is 0 Å². The van der Waals surface area contributed by atoms with Crippen molar-refractivity contribution >= 4 is 44.6 Å². The number of aryl methyl sites for hydroxylation is 2. The first-order valence-corrected chi connectivity index (χ1v) is 19.3. The average molecular weight is 710 g/mol. The summed E-state index contributed by atoms with van der Waals surface area (Å²) in [6.45, 7) is 11.3. The van der Waals surface area contributed by atoms with Gasteiger partial charge in [0.25, 0.3) is 0 Å². The molecule has 7 aromatic carbocycles. The summed E-state index contributed by atoms with van der Waals surface area (Å²) in [5.41, 5.74) is 18.5. The summed E-state index contributed by atoms with van der Waals surface area (Å²) < 4.78 is 6.53. The SMILES string of the molecule is CC1=CC=C1c1cc2c(cc1C)oc1ccc(N3c4ccccc4C(c4ccccc4)(c4ccccc4)c4cc(C(C)(C)c5ccccc5C)ccc43)cc12. The van der Waals surface area contributed by atoms with Crippen molar-refractivity contribution < 1.29 is 4.42 Å². The normalized spacial score (nSPS) is 14.6. The first kappa shape index (κ1) is 33.2. The molecule has 0 fully saturated rings. The molecule has 0 N–H and O–H groups in total. The van der Waals surface area contributed by atoms with Crippen LogP contribution in [0.25, 0.3) is 27.5 Å². The molecule has 0 radical (unpaired) electrons. The van der Waals surface area contributed by atoms with Crippen LogP contribution >= 0.6 is 0 Å². The highest BCUT2D eigenvalue weighted by Crippen LogP contribution is 2.58. The molecule has 55 heavy (non-hydrogen) atoms. The fourth-order valence-corrected chi connectivity index (χ4v) is 9.53. The molecule has 0 atom stereocenters. The molecule has 0 saturated heterocycles. The third kappa shape index (κ3) is 4.87. The number of fused-ring (bicyclic) bond motifs is 5. The Bertz CT molecular complexity index is 2830. The van der Waals surface area contributed by atoms with E-state index < -0.39 is 5.41 Å². The minimum atomic E-state index is -0.580. The Morgan fingerprint density at radius 3 is 1.87 bits per heavy atom. The maximum absolute atomic E-state index is 6.53. The number of rotatable bonds is 6. The van der Waals surface area contributed by atoms with E-state index in [9.17, 15) is 0 Å².